The van der Waals surface area contributed by atoms with E-state index in [9.17, 15) is 8.42 Å². The molecule has 0 aliphatic carbocycles. The summed E-state index contributed by atoms with van der Waals surface area (Å²) in [7, 11) is -3.78. The van der Waals surface area contributed by atoms with Crippen LogP contribution in [0.25, 0.3) is 0 Å². The first-order valence-corrected chi connectivity index (χ1v) is 9.89. The van der Waals surface area contributed by atoms with Crippen molar-refractivity contribution >= 4 is 27.1 Å². The van der Waals surface area contributed by atoms with Crippen molar-refractivity contribution in [3.05, 3.63) is 36.7 Å². The molecular formula is C17H17N7O3S. The van der Waals surface area contributed by atoms with Crippen LogP contribution in [0.4, 0.5) is 11.4 Å². The highest BCUT2D eigenvalue weighted by molar-refractivity contribution is 7.92. The first kappa shape index (κ1) is 19.4. The van der Waals surface area contributed by atoms with E-state index in [1.54, 1.807) is 23.0 Å². The molecule has 0 saturated carbocycles. The molecule has 1 aromatic heterocycles. The molecule has 3 rings (SSSR count). The third-order valence-corrected chi connectivity index (χ3v) is 5.49. The fourth-order valence-electron chi connectivity index (χ4n) is 2.66. The molecular weight excluding hydrogens is 382 g/mol. The van der Waals surface area contributed by atoms with E-state index in [0.29, 0.717) is 24.6 Å². The molecule has 0 spiro atoms. The lowest BCUT2D eigenvalue weighted by molar-refractivity contribution is 0.0662. The lowest BCUT2D eigenvalue weighted by atomic mass is 10.1. The highest BCUT2D eigenvalue weighted by Crippen LogP contribution is 2.23. The van der Waals surface area contributed by atoms with Crippen LogP contribution in [0.2, 0.25) is 0 Å². The topological polar surface area (TPSA) is 145 Å². The van der Waals surface area contributed by atoms with Crippen molar-refractivity contribution in [1.29, 1.82) is 10.5 Å². The smallest absolute Gasteiger partial charge is 0.261 e. The molecule has 1 saturated heterocycles. The van der Waals surface area contributed by atoms with Crippen LogP contribution in [0.3, 0.4) is 0 Å². The number of ether oxygens (including phenoxy) is 1. The van der Waals surface area contributed by atoms with Gasteiger partial charge in [0.15, 0.2) is 0 Å². The van der Waals surface area contributed by atoms with Crippen molar-refractivity contribution in [2.24, 2.45) is 5.10 Å². The van der Waals surface area contributed by atoms with Gasteiger partial charge in [0.25, 0.3) is 10.0 Å². The number of benzene rings is 1. The molecule has 2 N–H and O–H groups in total. The predicted octanol–water partition coefficient (Wildman–Crippen LogP) is 1.85. The molecule has 0 bridgehead atoms. The minimum Gasteiger partial charge on any atom is -0.381 e. The van der Waals surface area contributed by atoms with Gasteiger partial charge in [-0.1, -0.05) is 0 Å². The number of rotatable bonds is 6. The number of sulfonamides is 1. The number of nitriles is 2. The van der Waals surface area contributed by atoms with Gasteiger partial charge in [-0.3, -0.25) is 14.8 Å². The van der Waals surface area contributed by atoms with Crippen LogP contribution in [0, 0.1) is 22.7 Å². The van der Waals surface area contributed by atoms with Crippen molar-refractivity contribution in [3.63, 3.8) is 0 Å². The van der Waals surface area contributed by atoms with Gasteiger partial charge in [-0.15, -0.1) is 0 Å². The van der Waals surface area contributed by atoms with Crippen LogP contribution in [0.15, 0.2) is 46.7 Å². The van der Waals surface area contributed by atoms with Crippen LogP contribution >= 0.6 is 0 Å². The van der Waals surface area contributed by atoms with Gasteiger partial charge in [0.2, 0.25) is 5.71 Å². The van der Waals surface area contributed by atoms with Crippen molar-refractivity contribution in [2.75, 3.05) is 23.4 Å². The number of hydrogen-bond donors (Lipinski definition) is 2. The van der Waals surface area contributed by atoms with E-state index in [4.69, 9.17) is 15.3 Å². The number of hydrogen-bond acceptors (Lipinski definition) is 8. The van der Waals surface area contributed by atoms with Gasteiger partial charge in [-0.25, -0.2) is 8.42 Å². The van der Waals surface area contributed by atoms with Gasteiger partial charge in [0.1, 0.15) is 12.1 Å². The van der Waals surface area contributed by atoms with Gasteiger partial charge >= 0.3 is 0 Å². The average molecular weight is 399 g/mol. The monoisotopic (exact) mass is 399 g/mol. The standard InChI is InChI=1S/C17H17N7O3S/c18-9-14(10-19)22-21-13-1-3-17(4-2-13)28(25,26)23-15-11-20-24(12-15)16-5-7-27-8-6-16/h1-4,11-12,16,21,23H,5-8H2. The SMILES string of the molecule is N#CC(C#N)=NNc1ccc(S(=O)(=O)Nc2cnn(C3CCOCC3)c2)cc1. The molecule has 2 aromatic rings. The van der Waals surface area contributed by atoms with E-state index in [-0.39, 0.29) is 16.6 Å². The minimum atomic E-state index is -3.78. The summed E-state index contributed by atoms with van der Waals surface area (Å²) < 4.78 is 34.7. The summed E-state index contributed by atoms with van der Waals surface area (Å²) in [6.07, 6.45) is 4.82. The fraction of sp³-hybridized carbons (Fsp3) is 0.294. The van der Waals surface area contributed by atoms with E-state index in [1.165, 1.54) is 30.5 Å². The summed E-state index contributed by atoms with van der Waals surface area (Å²) in [6, 6.07) is 9.18. The normalized spacial score (nSPS) is 14.5. The zero-order valence-electron chi connectivity index (χ0n) is 14.7. The lowest BCUT2D eigenvalue weighted by Crippen LogP contribution is -2.19. The van der Waals surface area contributed by atoms with E-state index in [1.807, 2.05) is 0 Å². The Balaban J connectivity index is 1.68. The van der Waals surface area contributed by atoms with Crippen LogP contribution in [-0.2, 0) is 14.8 Å². The molecule has 10 nitrogen and oxygen atoms in total. The summed E-state index contributed by atoms with van der Waals surface area (Å²) in [5, 5.41) is 25.1. The van der Waals surface area contributed by atoms with E-state index in [2.05, 4.69) is 20.3 Å². The van der Waals surface area contributed by atoms with Crippen molar-refractivity contribution in [3.8, 4) is 12.1 Å². The molecule has 1 fully saturated rings. The molecule has 0 unspecified atom stereocenters. The highest BCUT2D eigenvalue weighted by Gasteiger charge is 2.19. The second-order valence-corrected chi connectivity index (χ2v) is 7.66. The summed E-state index contributed by atoms with van der Waals surface area (Å²) in [4.78, 5) is 0.0571. The third-order valence-electron chi connectivity index (χ3n) is 4.09. The average Bonchev–Trinajstić information content (AvgIpc) is 3.17. The molecule has 0 amide bonds. The van der Waals surface area contributed by atoms with Gasteiger partial charge in [-0.05, 0) is 37.1 Å². The number of nitrogens with one attached hydrogen (secondary N) is 2. The quantitative estimate of drug-likeness (QED) is 0.557. The zero-order chi connectivity index (χ0) is 20.0. The Kier molecular flexibility index (Phi) is 5.89. The Bertz CT molecular complexity index is 1020. The van der Waals surface area contributed by atoms with Gasteiger partial charge in [0.05, 0.1) is 28.5 Å². The lowest BCUT2D eigenvalue weighted by Gasteiger charge is -2.22. The van der Waals surface area contributed by atoms with Crippen LogP contribution in [-0.4, -0.2) is 37.1 Å². The Morgan fingerprint density at radius 2 is 1.86 bits per heavy atom. The van der Waals surface area contributed by atoms with E-state index < -0.39 is 10.0 Å². The number of nitrogens with zero attached hydrogens (tertiary/aromatic N) is 5. The maximum Gasteiger partial charge on any atom is 0.261 e. The summed E-state index contributed by atoms with van der Waals surface area (Å²) in [5.41, 5.74) is 3.01. The molecule has 2 heterocycles. The fourth-order valence-corrected chi connectivity index (χ4v) is 3.69. The largest absolute Gasteiger partial charge is 0.381 e. The van der Waals surface area contributed by atoms with Crippen molar-refractivity contribution in [2.45, 2.75) is 23.8 Å². The van der Waals surface area contributed by atoms with Crippen LogP contribution < -0.4 is 10.1 Å². The molecule has 1 aliphatic heterocycles. The summed E-state index contributed by atoms with van der Waals surface area (Å²) in [6.45, 7) is 1.33. The summed E-state index contributed by atoms with van der Waals surface area (Å²) in [5.74, 6) is 0. The maximum atomic E-state index is 12.6. The second kappa shape index (κ2) is 8.52. The highest BCUT2D eigenvalue weighted by atomic mass is 32.2. The predicted molar refractivity (Wildman–Crippen MR) is 101 cm³/mol. The molecule has 0 radical (unpaired) electrons. The maximum absolute atomic E-state index is 12.6. The minimum absolute atomic E-state index is 0.0571. The Morgan fingerprint density at radius 3 is 2.50 bits per heavy atom. The number of aromatic nitrogens is 2. The van der Waals surface area contributed by atoms with E-state index in [0.717, 1.165) is 12.8 Å². The number of hydrazone groups is 1. The molecule has 28 heavy (non-hydrogen) atoms. The first-order valence-electron chi connectivity index (χ1n) is 8.40. The number of anilines is 2. The van der Waals surface area contributed by atoms with Gasteiger partial charge < -0.3 is 4.74 Å². The Labute approximate surface area is 162 Å². The molecule has 11 heteroatoms. The Hall–Kier alpha value is -3.41. The van der Waals surface area contributed by atoms with Gasteiger partial charge in [-0.2, -0.15) is 20.7 Å². The first-order chi connectivity index (χ1) is 13.5. The molecule has 144 valence electrons. The van der Waals surface area contributed by atoms with E-state index >= 15 is 0 Å². The van der Waals surface area contributed by atoms with Gasteiger partial charge in [0, 0.05) is 19.4 Å². The molecule has 0 atom stereocenters. The molecule has 1 aliphatic rings. The summed E-state index contributed by atoms with van der Waals surface area (Å²) >= 11 is 0. The van der Waals surface area contributed by atoms with Crippen molar-refractivity contribution in [1.82, 2.24) is 9.78 Å². The van der Waals surface area contributed by atoms with Crippen LogP contribution in [0.5, 0.6) is 0 Å². The second-order valence-electron chi connectivity index (χ2n) is 5.98. The van der Waals surface area contributed by atoms with Crippen LogP contribution in [0.1, 0.15) is 18.9 Å². The third kappa shape index (κ3) is 4.65. The Morgan fingerprint density at radius 1 is 1.18 bits per heavy atom. The zero-order valence-corrected chi connectivity index (χ0v) is 15.6. The molecule has 1 aromatic carbocycles. The van der Waals surface area contributed by atoms with Crippen molar-refractivity contribution < 1.29 is 13.2 Å².